The topological polar surface area (TPSA) is 38.9 Å². The van der Waals surface area contributed by atoms with Crippen molar-refractivity contribution in [2.24, 2.45) is 0 Å². The van der Waals surface area contributed by atoms with Crippen molar-refractivity contribution >= 4 is 5.69 Å². The van der Waals surface area contributed by atoms with Gasteiger partial charge in [0.05, 0.1) is 11.4 Å². The Bertz CT molecular complexity index is 298. The van der Waals surface area contributed by atoms with Gasteiger partial charge in [0.15, 0.2) is 0 Å². The van der Waals surface area contributed by atoms with E-state index in [9.17, 15) is 0 Å². The zero-order valence-electron chi connectivity index (χ0n) is 9.46. The molecule has 0 fully saturated rings. The predicted molar refractivity (Wildman–Crippen MR) is 61.3 cm³/mol. The maximum atomic E-state index is 6.06. The van der Waals surface area contributed by atoms with E-state index < -0.39 is 0 Å². The Kier molecular flexibility index (Phi) is 3.14. The summed E-state index contributed by atoms with van der Waals surface area (Å²) in [4.78, 5) is 4.38. The molecule has 1 aromatic rings. The molecule has 0 saturated heterocycles. The van der Waals surface area contributed by atoms with Crippen LogP contribution >= 0.6 is 0 Å². The van der Waals surface area contributed by atoms with Crippen LogP contribution in [0.4, 0.5) is 5.69 Å². The minimum Gasteiger partial charge on any atom is -0.397 e. The molecule has 1 radical (unpaired) electrons. The molecule has 0 aliphatic carbocycles. The molecule has 14 heavy (non-hydrogen) atoms. The average Bonchev–Trinajstić information content (AvgIpc) is 2.07. The van der Waals surface area contributed by atoms with E-state index in [0.29, 0.717) is 11.8 Å². The van der Waals surface area contributed by atoms with E-state index >= 15 is 0 Å². The van der Waals surface area contributed by atoms with E-state index in [1.165, 1.54) is 0 Å². The van der Waals surface area contributed by atoms with Gasteiger partial charge >= 0.3 is 0 Å². The van der Waals surface area contributed by atoms with Crippen LogP contribution in [0.2, 0.25) is 0 Å². The fourth-order valence-electron chi connectivity index (χ4n) is 1.57. The lowest BCUT2D eigenvalue weighted by Crippen LogP contribution is -2.06. The van der Waals surface area contributed by atoms with Gasteiger partial charge in [-0.3, -0.25) is 4.98 Å². The highest BCUT2D eigenvalue weighted by Gasteiger charge is 2.13. The first-order valence-electron chi connectivity index (χ1n) is 5.05. The second-order valence-electron chi connectivity index (χ2n) is 4.31. The second-order valence-corrected chi connectivity index (χ2v) is 4.31. The molecule has 0 aromatic carbocycles. The molecule has 0 saturated carbocycles. The van der Waals surface area contributed by atoms with Gasteiger partial charge in [-0.2, -0.15) is 0 Å². The van der Waals surface area contributed by atoms with Gasteiger partial charge in [0.25, 0.3) is 0 Å². The normalized spacial score (nSPS) is 11.4. The molecular weight excluding hydrogens is 172 g/mol. The summed E-state index contributed by atoms with van der Waals surface area (Å²) in [5.74, 6) is 0.783. The zero-order chi connectivity index (χ0) is 10.9. The number of hydrogen-bond acceptors (Lipinski definition) is 2. The summed E-state index contributed by atoms with van der Waals surface area (Å²) in [5, 5.41) is 0. The minimum atomic E-state index is 0.356. The fourth-order valence-corrected chi connectivity index (χ4v) is 1.57. The smallest absolute Gasteiger partial charge is 0.0664 e. The van der Waals surface area contributed by atoms with Crippen LogP contribution in [0.5, 0.6) is 0 Å². The molecule has 2 heteroatoms. The molecule has 0 bridgehead atoms. The van der Waals surface area contributed by atoms with Gasteiger partial charge in [-0.1, -0.05) is 27.7 Å². The van der Waals surface area contributed by atoms with E-state index in [1.54, 1.807) is 0 Å². The Morgan fingerprint density at radius 3 is 2.21 bits per heavy atom. The Morgan fingerprint density at radius 2 is 1.79 bits per heavy atom. The lowest BCUT2D eigenvalue weighted by atomic mass is 9.96. The molecule has 1 heterocycles. The quantitative estimate of drug-likeness (QED) is 0.780. The van der Waals surface area contributed by atoms with Crippen molar-refractivity contribution in [2.75, 3.05) is 5.73 Å². The summed E-state index contributed by atoms with van der Waals surface area (Å²) < 4.78 is 0. The Labute approximate surface area is 86.5 Å². The van der Waals surface area contributed by atoms with E-state index in [-0.39, 0.29) is 0 Å². The predicted octanol–water partition coefficient (Wildman–Crippen LogP) is 3.09. The molecule has 2 N–H and O–H groups in total. The van der Waals surface area contributed by atoms with E-state index in [2.05, 4.69) is 39.6 Å². The first kappa shape index (κ1) is 11.0. The third kappa shape index (κ3) is 2.06. The first-order chi connectivity index (χ1) is 6.43. The molecule has 0 atom stereocenters. The summed E-state index contributed by atoms with van der Waals surface area (Å²) in [6, 6.07) is 1.98. The number of aromatic nitrogens is 1. The van der Waals surface area contributed by atoms with Crippen LogP contribution in [0.15, 0.2) is 6.07 Å². The molecule has 77 valence electrons. The number of rotatable bonds is 2. The number of pyridine rings is 1. The lowest BCUT2D eigenvalue weighted by Gasteiger charge is -2.16. The molecule has 0 unspecified atom stereocenters. The zero-order valence-corrected chi connectivity index (χ0v) is 9.46. The molecule has 0 amide bonds. The van der Waals surface area contributed by atoms with E-state index in [4.69, 9.17) is 5.73 Å². The van der Waals surface area contributed by atoms with Crippen LogP contribution in [-0.4, -0.2) is 4.98 Å². The molecule has 0 aliphatic heterocycles. The van der Waals surface area contributed by atoms with Gasteiger partial charge in [-0.15, -0.1) is 0 Å². The van der Waals surface area contributed by atoms with Crippen molar-refractivity contribution in [1.82, 2.24) is 4.98 Å². The van der Waals surface area contributed by atoms with Crippen molar-refractivity contribution in [3.63, 3.8) is 0 Å². The lowest BCUT2D eigenvalue weighted by molar-refractivity contribution is 0.802. The summed E-state index contributed by atoms with van der Waals surface area (Å²) in [5.41, 5.74) is 9.85. The van der Waals surface area contributed by atoms with Gasteiger partial charge in [-0.25, -0.2) is 0 Å². The fraction of sp³-hybridized carbons (Fsp3) is 0.500. The largest absolute Gasteiger partial charge is 0.397 e. The van der Waals surface area contributed by atoms with Crippen molar-refractivity contribution in [1.29, 1.82) is 0 Å². The van der Waals surface area contributed by atoms with E-state index in [0.717, 1.165) is 22.6 Å². The monoisotopic (exact) mass is 191 g/mol. The van der Waals surface area contributed by atoms with Crippen LogP contribution in [0, 0.1) is 6.92 Å². The van der Waals surface area contributed by atoms with Crippen LogP contribution in [0.3, 0.4) is 0 Å². The maximum absolute atomic E-state index is 6.06. The van der Waals surface area contributed by atoms with Crippen LogP contribution in [0.25, 0.3) is 0 Å². The highest BCUT2D eigenvalue weighted by atomic mass is 14.8. The van der Waals surface area contributed by atoms with Gasteiger partial charge in [0, 0.05) is 5.69 Å². The third-order valence-electron chi connectivity index (χ3n) is 2.34. The first-order valence-corrected chi connectivity index (χ1v) is 5.05. The summed E-state index contributed by atoms with van der Waals surface area (Å²) in [6.45, 7) is 12.3. The summed E-state index contributed by atoms with van der Waals surface area (Å²) in [6.07, 6.45) is 0. The molecule has 0 spiro atoms. The number of nitrogens with two attached hydrogens (primary N) is 1. The van der Waals surface area contributed by atoms with Gasteiger partial charge in [0.2, 0.25) is 0 Å². The highest BCUT2D eigenvalue weighted by Crippen LogP contribution is 2.28. The number of nitrogen functional groups attached to an aromatic ring is 1. The Balaban J connectivity index is 3.32. The van der Waals surface area contributed by atoms with Crippen molar-refractivity contribution in [2.45, 2.75) is 39.5 Å². The Hall–Kier alpha value is -1.05. The van der Waals surface area contributed by atoms with E-state index in [1.807, 2.05) is 6.07 Å². The maximum Gasteiger partial charge on any atom is 0.0664 e. The summed E-state index contributed by atoms with van der Waals surface area (Å²) >= 11 is 0. The van der Waals surface area contributed by atoms with Gasteiger partial charge in [-0.05, 0) is 30.4 Å². The second kappa shape index (κ2) is 3.99. The number of anilines is 1. The highest BCUT2D eigenvalue weighted by molar-refractivity contribution is 5.54. The molecule has 1 aromatic heterocycles. The third-order valence-corrected chi connectivity index (χ3v) is 2.34. The summed E-state index contributed by atoms with van der Waals surface area (Å²) in [7, 11) is 0. The van der Waals surface area contributed by atoms with Crippen molar-refractivity contribution in [3.8, 4) is 0 Å². The SMILES string of the molecule is [CH2]c1cc(C(C)C)c(N)c(C(C)C)n1. The average molecular weight is 191 g/mol. The van der Waals surface area contributed by atoms with Crippen LogP contribution in [0.1, 0.15) is 56.5 Å². The molecule has 1 rings (SSSR count). The molecule has 0 aliphatic rings. The van der Waals surface area contributed by atoms with Crippen LogP contribution in [-0.2, 0) is 0 Å². The number of hydrogen-bond donors (Lipinski definition) is 1. The number of nitrogens with zero attached hydrogens (tertiary/aromatic N) is 1. The molecule has 2 nitrogen and oxygen atoms in total. The standard InChI is InChI=1S/C12H19N2/c1-7(2)10-6-9(5)14-12(8(3)4)11(10)13/h6-8H,5,13H2,1-4H3. The van der Waals surface area contributed by atoms with Crippen LogP contribution < -0.4 is 5.73 Å². The van der Waals surface area contributed by atoms with Gasteiger partial charge in [0.1, 0.15) is 0 Å². The molecular formula is C12H19N2. The van der Waals surface area contributed by atoms with Gasteiger partial charge < -0.3 is 5.73 Å². The Morgan fingerprint density at radius 1 is 1.21 bits per heavy atom. The van der Waals surface area contributed by atoms with Crippen molar-refractivity contribution in [3.05, 3.63) is 29.9 Å². The minimum absolute atomic E-state index is 0.356. The van der Waals surface area contributed by atoms with Crippen molar-refractivity contribution < 1.29 is 0 Å².